The fourth-order valence-corrected chi connectivity index (χ4v) is 4.07. The number of rotatable bonds is 16. The molecular formula is C18H6F30O6Si. The normalized spacial score (nSPS) is 16.3. The van der Waals surface area contributed by atoms with Crippen molar-refractivity contribution in [2.45, 2.75) is 83.4 Å². The number of carbonyl (C=O) groups is 2. The minimum atomic E-state index is -9.11. The van der Waals surface area contributed by atoms with Gasteiger partial charge in [0.15, 0.2) is 0 Å². The van der Waals surface area contributed by atoms with Crippen molar-refractivity contribution < 1.29 is 159 Å². The van der Waals surface area contributed by atoms with Gasteiger partial charge in [0.05, 0.1) is 0 Å². The Morgan fingerprint density at radius 2 is 0.473 bits per heavy atom. The van der Waals surface area contributed by atoms with Crippen LogP contribution in [0.3, 0.4) is 0 Å². The zero-order valence-corrected chi connectivity index (χ0v) is 25.3. The molecule has 0 aliphatic heterocycles. The van der Waals surface area contributed by atoms with Crippen LogP contribution >= 0.6 is 0 Å². The molecule has 0 N–H and O–H groups in total. The lowest BCUT2D eigenvalue weighted by atomic mass is 9.91. The van der Waals surface area contributed by atoms with Gasteiger partial charge < -0.3 is 17.7 Å². The second-order valence-electron chi connectivity index (χ2n) is 9.58. The van der Waals surface area contributed by atoms with Crippen LogP contribution in [0.4, 0.5) is 132 Å². The lowest BCUT2D eigenvalue weighted by Gasteiger charge is -2.41. The minimum absolute atomic E-state index is 0.589. The average Bonchev–Trinajstić information content (AvgIpc) is 2.98. The van der Waals surface area contributed by atoms with E-state index in [4.69, 9.17) is 0 Å². The molecular weight excluding hydrogens is 910 g/mol. The fourth-order valence-electron chi connectivity index (χ4n) is 2.82. The summed E-state index contributed by atoms with van der Waals surface area (Å²) in [5, 5.41) is 0. The average molecular weight is 916 g/mol. The Hall–Kier alpha value is -3.02. The molecule has 0 unspecified atom stereocenters. The molecule has 0 aromatic rings. The summed E-state index contributed by atoms with van der Waals surface area (Å²) in [5.74, 6) is -116. The number of alkyl halides is 30. The molecule has 0 rings (SSSR count). The highest BCUT2D eigenvalue weighted by atomic mass is 28.4. The summed E-state index contributed by atoms with van der Waals surface area (Å²) in [6.07, 6.45) is -16.2. The molecule has 0 spiro atoms. The van der Waals surface area contributed by atoms with Crippen molar-refractivity contribution in [3.05, 3.63) is 0 Å². The number of carbonyl (C=O) groups excluding carboxylic acids is 2. The van der Waals surface area contributed by atoms with Gasteiger partial charge in [-0.3, -0.25) is 0 Å². The van der Waals surface area contributed by atoms with E-state index < -0.39 is 119 Å². The van der Waals surface area contributed by atoms with Crippen LogP contribution in [-0.2, 0) is 27.3 Å². The van der Waals surface area contributed by atoms with Gasteiger partial charge in [-0.05, 0) is 0 Å². The van der Waals surface area contributed by atoms with Gasteiger partial charge in [0.2, 0.25) is 0 Å². The second kappa shape index (κ2) is 13.5. The SMILES string of the molecule is CO[Si](OC)(OC(=O)C(F)(F)C(F)(F)C(F)(F)C(F)(F)C(F)(F)C(F)(F)C(F)(F)F)OC(=O)C(F)(F)C(F)(F)C(F)(F)C(F)(F)C(F)(F)C(F)(F)C(F)(F)F. The Morgan fingerprint density at radius 3 is 0.636 bits per heavy atom. The quantitative estimate of drug-likeness (QED) is 0.114. The molecule has 37 heteroatoms. The number of hydrogen-bond acceptors (Lipinski definition) is 6. The van der Waals surface area contributed by atoms with E-state index in [1.54, 1.807) is 0 Å². The van der Waals surface area contributed by atoms with E-state index in [0.29, 0.717) is 0 Å². The topological polar surface area (TPSA) is 71.1 Å². The van der Waals surface area contributed by atoms with Crippen LogP contribution in [0.15, 0.2) is 0 Å². The predicted octanol–water partition coefficient (Wildman–Crippen LogP) is 8.55. The van der Waals surface area contributed by atoms with Crippen LogP contribution in [0, 0.1) is 0 Å². The van der Waals surface area contributed by atoms with Crippen LogP contribution in [0.1, 0.15) is 0 Å². The van der Waals surface area contributed by atoms with E-state index in [0.717, 1.165) is 0 Å². The fraction of sp³-hybridized carbons (Fsp3) is 0.889. The molecule has 0 aliphatic rings. The van der Waals surface area contributed by atoms with Crippen molar-refractivity contribution in [2.24, 2.45) is 0 Å². The highest BCUT2D eigenvalue weighted by Crippen LogP contribution is 2.64. The van der Waals surface area contributed by atoms with E-state index in [9.17, 15) is 141 Å². The molecule has 0 heterocycles. The smallest absolute Gasteiger partial charge is 0.438 e. The Bertz CT molecular complexity index is 1320. The van der Waals surface area contributed by atoms with Gasteiger partial charge in [-0.1, -0.05) is 0 Å². The van der Waals surface area contributed by atoms with E-state index >= 15 is 0 Å². The Balaban J connectivity index is 7.12. The first-order valence-corrected chi connectivity index (χ1v) is 13.3. The lowest BCUT2D eigenvalue weighted by molar-refractivity contribution is -0.450. The van der Waals surface area contributed by atoms with Gasteiger partial charge in [-0.25, -0.2) is 9.59 Å². The number of hydrogen-bond donors (Lipinski definition) is 0. The maximum Gasteiger partial charge on any atom is 0.824 e. The van der Waals surface area contributed by atoms with Crippen molar-refractivity contribution in [3.63, 3.8) is 0 Å². The molecule has 0 saturated carbocycles. The first-order valence-electron chi connectivity index (χ1n) is 11.6. The zero-order valence-electron chi connectivity index (χ0n) is 24.3. The highest BCUT2D eigenvalue weighted by molar-refractivity contribution is 6.57. The molecule has 0 saturated heterocycles. The van der Waals surface area contributed by atoms with Gasteiger partial charge >= 0.3 is 104 Å². The molecule has 0 radical (unpaired) electrons. The van der Waals surface area contributed by atoms with Crippen LogP contribution in [0.5, 0.6) is 0 Å². The van der Waals surface area contributed by atoms with Crippen molar-refractivity contribution in [1.82, 2.24) is 0 Å². The first-order chi connectivity index (χ1) is 23.4. The Kier molecular flexibility index (Phi) is 12.8. The number of halogens is 30. The molecule has 0 aliphatic carbocycles. The molecule has 55 heavy (non-hydrogen) atoms. The summed E-state index contributed by atoms with van der Waals surface area (Å²) >= 11 is 0. The highest BCUT2D eigenvalue weighted by Gasteiger charge is 2.96. The molecule has 0 aromatic carbocycles. The first kappa shape index (κ1) is 52.0. The molecule has 0 aromatic heterocycles. The molecule has 6 nitrogen and oxygen atoms in total. The van der Waals surface area contributed by atoms with Crippen molar-refractivity contribution >= 4 is 21.0 Å². The third kappa shape index (κ3) is 6.92. The van der Waals surface area contributed by atoms with Crippen molar-refractivity contribution in [1.29, 1.82) is 0 Å². The standard InChI is InChI=1S/C18H6F30O6Si/c1-51-55(52-2,53-3(49)5(19,20)7(23,24)9(27,28)11(31,32)13(35,36)15(39,40)17(43,44)45)54-4(50)6(21,22)8(25,26)10(29,30)12(33,34)14(37,38)16(41,42)18(46,47)48/h1-2H3. The minimum Gasteiger partial charge on any atom is -0.438 e. The third-order valence-corrected chi connectivity index (χ3v) is 7.97. The van der Waals surface area contributed by atoms with Crippen LogP contribution in [0.25, 0.3) is 0 Å². The summed E-state index contributed by atoms with van der Waals surface area (Å²) in [7, 11) is -8.84. The van der Waals surface area contributed by atoms with Crippen LogP contribution in [0.2, 0.25) is 0 Å². The predicted molar refractivity (Wildman–Crippen MR) is 103 cm³/mol. The van der Waals surface area contributed by atoms with Gasteiger partial charge in [0.1, 0.15) is 0 Å². The third-order valence-electron chi connectivity index (χ3n) is 6.10. The lowest BCUT2D eigenvalue weighted by Crippen LogP contribution is -2.74. The monoisotopic (exact) mass is 916 g/mol. The largest absolute Gasteiger partial charge is 0.824 e. The molecule has 0 fully saturated rings. The van der Waals surface area contributed by atoms with Gasteiger partial charge in [0, 0.05) is 14.2 Å². The summed E-state index contributed by atoms with van der Waals surface area (Å²) in [6, 6.07) is 0. The Morgan fingerprint density at radius 1 is 0.309 bits per heavy atom. The van der Waals surface area contributed by atoms with E-state index in [1.807, 2.05) is 0 Å². The van der Waals surface area contributed by atoms with Crippen LogP contribution in [-0.4, -0.2) is 119 Å². The van der Waals surface area contributed by atoms with Crippen molar-refractivity contribution in [2.75, 3.05) is 14.2 Å². The molecule has 328 valence electrons. The van der Waals surface area contributed by atoms with E-state index in [-0.39, 0.29) is 0 Å². The van der Waals surface area contributed by atoms with Gasteiger partial charge in [-0.2, -0.15) is 132 Å². The maximum atomic E-state index is 14.1. The summed E-state index contributed by atoms with van der Waals surface area (Å²) in [6.45, 7) is 0. The van der Waals surface area contributed by atoms with Gasteiger partial charge in [0.25, 0.3) is 0 Å². The van der Waals surface area contributed by atoms with E-state index in [1.165, 1.54) is 0 Å². The zero-order chi connectivity index (χ0) is 45.5. The Labute approximate surface area is 279 Å². The van der Waals surface area contributed by atoms with Crippen molar-refractivity contribution in [3.8, 4) is 0 Å². The molecule has 0 atom stereocenters. The van der Waals surface area contributed by atoms with Gasteiger partial charge in [-0.15, -0.1) is 0 Å². The second-order valence-corrected chi connectivity index (χ2v) is 11.8. The summed E-state index contributed by atoms with van der Waals surface area (Å²) < 4.78 is 411. The summed E-state index contributed by atoms with van der Waals surface area (Å²) in [4.78, 5) is 23.1. The molecule has 0 bridgehead atoms. The molecule has 0 amide bonds. The van der Waals surface area contributed by atoms with E-state index in [2.05, 4.69) is 17.7 Å². The summed E-state index contributed by atoms with van der Waals surface area (Å²) in [5.41, 5.74) is 0. The maximum absolute atomic E-state index is 14.1. The van der Waals surface area contributed by atoms with Crippen LogP contribution < -0.4 is 0 Å².